The van der Waals surface area contributed by atoms with Crippen LogP contribution in [0.1, 0.15) is 17.0 Å². The molecule has 0 spiro atoms. The number of nitriles is 1. The molecule has 2 N–H and O–H groups in total. The first-order valence-electron chi connectivity index (χ1n) is 9.67. The van der Waals surface area contributed by atoms with Crippen molar-refractivity contribution >= 4 is 10.9 Å². The van der Waals surface area contributed by atoms with E-state index in [-0.39, 0.29) is 28.3 Å². The molecule has 0 saturated heterocycles. The number of fused-ring (bicyclic) bond motifs is 3. The SMILES string of the molecule is N#CC1=C(N)Oc2c(c(=O)n(-c3ccccc3)c3ccccc23)C1c1ccccc1F. The summed E-state index contributed by atoms with van der Waals surface area (Å²) in [6.07, 6.45) is 0. The molecule has 1 unspecified atom stereocenters. The van der Waals surface area contributed by atoms with E-state index in [9.17, 15) is 14.4 Å². The molecule has 0 bridgehead atoms. The Morgan fingerprint density at radius 3 is 2.39 bits per heavy atom. The summed E-state index contributed by atoms with van der Waals surface area (Å²) in [5.74, 6) is -1.40. The van der Waals surface area contributed by atoms with Crippen LogP contribution in [0.15, 0.2) is 95.1 Å². The Labute approximate surface area is 177 Å². The maximum absolute atomic E-state index is 14.9. The third-order valence-electron chi connectivity index (χ3n) is 5.47. The third-order valence-corrected chi connectivity index (χ3v) is 5.47. The smallest absolute Gasteiger partial charge is 0.263 e. The largest absolute Gasteiger partial charge is 0.439 e. The van der Waals surface area contributed by atoms with Gasteiger partial charge in [0.15, 0.2) is 0 Å². The van der Waals surface area contributed by atoms with E-state index < -0.39 is 17.3 Å². The van der Waals surface area contributed by atoms with Crippen LogP contribution in [0, 0.1) is 17.1 Å². The van der Waals surface area contributed by atoms with E-state index in [1.165, 1.54) is 6.07 Å². The van der Waals surface area contributed by atoms with Gasteiger partial charge < -0.3 is 10.5 Å². The molecule has 5 nitrogen and oxygen atoms in total. The van der Waals surface area contributed by atoms with Crippen molar-refractivity contribution < 1.29 is 9.13 Å². The number of benzene rings is 3. The summed E-state index contributed by atoms with van der Waals surface area (Å²) in [6, 6.07) is 24.5. The molecular weight excluding hydrogens is 393 g/mol. The van der Waals surface area contributed by atoms with Gasteiger partial charge in [-0.3, -0.25) is 9.36 Å². The molecule has 0 radical (unpaired) electrons. The number of para-hydroxylation sites is 2. The highest BCUT2D eigenvalue weighted by atomic mass is 19.1. The molecule has 0 fully saturated rings. The van der Waals surface area contributed by atoms with Crippen molar-refractivity contribution in [1.29, 1.82) is 5.26 Å². The van der Waals surface area contributed by atoms with Crippen molar-refractivity contribution in [2.45, 2.75) is 5.92 Å². The quantitative estimate of drug-likeness (QED) is 0.534. The number of hydrogen-bond donors (Lipinski definition) is 1. The van der Waals surface area contributed by atoms with Crippen LogP contribution in [-0.4, -0.2) is 4.57 Å². The number of halogens is 1. The Bertz CT molecular complexity index is 1470. The standard InChI is InChI=1S/C25H16FN3O2/c26-19-12-6-4-10-16(19)21-18(14-27)24(28)31-23-17-11-5-7-13-20(17)29(25(30)22(21)23)15-8-2-1-3-9-15/h1-13,21H,28H2. The van der Waals surface area contributed by atoms with E-state index >= 15 is 0 Å². The second-order valence-corrected chi connectivity index (χ2v) is 7.18. The van der Waals surface area contributed by atoms with Crippen LogP contribution in [0.25, 0.3) is 16.6 Å². The summed E-state index contributed by atoms with van der Waals surface area (Å²) >= 11 is 0. The van der Waals surface area contributed by atoms with Crippen LogP contribution in [0.3, 0.4) is 0 Å². The lowest BCUT2D eigenvalue weighted by Gasteiger charge is -2.28. The van der Waals surface area contributed by atoms with Gasteiger partial charge in [0.1, 0.15) is 23.2 Å². The van der Waals surface area contributed by atoms with Crippen LogP contribution in [0.2, 0.25) is 0 Å². The molecule has 2 heterocycles. The number of allylic oxidation sites excluding steroid dienone is 1. The van der Waals surface area contributed by atoms with Gasteiger partial charge in [0.2, 0.25) is 5.88 Å². The lowest BCUT2D eigenvalue weighted by atomic mass is 9.83. The van der Waals surface area contributed by atoms with Crippen molar-refractivity contribution in [1.82, 2.24) is 4.57 Å². The van der Waals surface area contributed by atoms with E-state index in [1.54, 1.807) is 22.8 Å². The molecule has 31 heavy (non-hydrogen) atoms. The number of ether oxygens (including phenoxy) is 1. The average molecular weight is 409 g/mol. The lowest BCUT2D eigenvalue weighted by Crippen LogP contribution is -2.31. The predicted molar refractivity (Wildman–Crippen MR) is 115 cm³/mol. The highest BCUT2D eigenvalue weighted by molar-refractivity contribution is 5.89. The van der Waals surface area contributed by atoms with Crippen molar-refractivity contribution in [2.24, 2.45) is 5.73 Å². The summed E-state index contributed by atoms with van der Waals surface area (Å²) < 4.78 is 22.2. The van der Waals surface area contributed by atoms with E-state index in [0.717, 1.165) is 0 Å². The monoisotopic (exact) mass is 409 g/mol. The zero-order chi connectivity index (χ0) is 21.5. The molecule has 150 valence electrons. The van der Waals surface area contributed by atoms with E-state index in [2.05, 4.69) is 0 Å². The second kappa shape index (κ2) is 7.15. The fourth-order valence-corrected chi connectivity index (χ4v) is 4.12. The first-order chi connectivity index (χ1) is 15.1. The minimum Gasteiger partial charge on any atom is -0.439 e. The molecule has 0 saturated carbocycles. The van der Waals surface area contributed by atoms with Gasteiger partial charge in [-0.25, -0.2) is 4.39 Å². The topological polar surface area (TPSA) is 81.0 Å². The van der Waals surface area contributed by atoms with Gasteiger partial charge in [-0.1, -0.05) is 48.5 Å². The second-order valence-electron chi connectivity index (χ2n) is 7.18. The van der Waals surface area contributed by atoms with Gasteiger partial charge in [0.25, 0.3) is 5.56 Å². The summed E-state index contributed by atoms with van der Waals surface area (Å²) in [5, 5.41) is 10.4. The van der Waals surface area contributed by atoms with E-state index in [4.69, 9.17) is 10.5 Å². The third kappa shape index (κ3) is 2.79. The zero-order valence-electron chi connectivity index (χ0n) is 16.2. The fourth-order valence-electron chi connectivity index (χ4n) is 4.12. The average Bonchev–Trinajstić information content (AvgIpc) is 2.79. The number of hydrogen-bond acceptors (Lipinski definition) is 4. The Morgan fingerprint density at radius 1 is 0.968 bits per heavy atom. The fraction of sp³-hybridized carbons (Fsp3) is 0.0400. The van der Waals surface area contributed by atoms with Gasteiger partial charge in [-0.05, 0) is 30.3 Å². The highest BCUT2D eigenvalue weighted by Gasteiger charge is 2.36. The van der Waals surface area contributed by atoms with Gasteiger partial charge in [-0.15, -0.1) is 0 Å². The summed E-state index contributed by atoms with van der Waals surface area (Å²) in [6.45, 7) is 0. The summed E-state index contributed by atoms with van der Waals surface area (Å²) in [7, 11) is 0. The Morgan fingerprint density at radius 2 is 1.65 bits per heavy atom. The number of rotatable bonds is 2. The molecule has 3 aromatic carbocycles. The number of nitrogens with zero attached hydrogens (tertiary/aromatic N) is 2. The molecule has 1 atom stereocenters. The van der Waals surface area contributed by atoms with Crippen molar-refractivity contribution in [3.05, 3.63) is 118 Å². The van der Waals surface area contributed by atoms with Crippen molar-refractivity contribution in [3.8, 4) is 17.5 Å². The van der Waals surface area contributed by atoms with E-state index in [0.29, 0.717) is 16.6 Å². The maximum atomic E-state index is 14.9. The van der Waals surface area contributed by atoms with Crippen LogP contribution < -0.4 is 16.0 Å². The predicted octanol–water partition coefficient (Wildman–Crippen LogP) is 4.35. The normalized spacial score (nSPS) is 15.3. The van der Waals surface area contributed by atoms with Gasteiger partial charge in [0.05, 0.1) is 17.0 Å². The summed E-state index contributed by atoms with van der Waals surface area (Å²) in [5.41, 5.74) is 7.33. The zero-order valence-corrected chi connectivity index (χ0v) is 16.2. The molecule has 0 amide bonds. The maximum Gasteiger partial charge on any atom is 0.263 e. The lowest BCUT2D eigenvalue weighted by molar-refractivity contribution is 0.395. The van der Waals surface area contributed by atoms with Crippen molar-refractivity contribution in [3.63, 3.8) is 0 Å². The van der Waals surface area contributed by atoms with Gasteiger partial charge in [0, 0.05) is 16.6 Å². The first-order valence-corrected chi connectivity index (χ1v) is 9.67. The number of aromatic nitrogens is 1. The van der Waals surface area contributed by atoms with Crippen LogP contribution in [-0.2, 0) is 0 Å². The first kappa shape index (κ1) is 18.6. The molecule has 1 aliphatic heterocycles. The molecule has 1 aromatic heterocycles. The molecule has 0 aliphatic carbocycles. The molecule has 6 heteroatoms. The Balaban J connectivity index is 1.95. The molecule has 1 aliphatic rings. The highest BCUT2D eigenvalue weighted by Crippen LogP contribution is 2.44. The Hall–Kier alpha value is -4.37. The van der Waals surface area contributed by atoms with Gasteiger partial charge in [-0.2, -0.15) is 5.26 Å². The van der Waals surface area contributed by atoms with Crippen molar-refractivity contribution in [2.75, 3.05) is 0 Å². The Kier molecular flexibility index (Phi) is 4.30. The van der Waals surface area contributed by atoms with Gasteiger partial charge >= 0.3 is 0 Å². The minimum absolute atomic E-state index is 0.00425. The minimum atomic E-state index is -0.984. The molecular formula is C25H16FN3O2. The molecule has 5 rings (SSSR count). The number of pyridine rings is 1. The van der Waals surface area contributed by atoms with Crippen LogP contribution in [0.5, 0.6) is 5.75 Å². The van der Waals surface area contributed by atoms with E-state index in [1.807, 2.05) is 60.7 Å². The van der Waals surface area contributed by atoms with Crippen LogP contribution in [0.4, 0.5) is 4.39 Å². The van der Waals surface area contributed by atoms with Crippen LogP contribution >= 0.6 is 0 Å². The number of nitrogens with two attached hydrogens (primary N) is 1. The summed E-state index contributed by atoms with van der Waals surface area (Å²) in [4.78, 5) is 13.9. The molecule has 4 aromatic rings.